The van der Waals surface area contributed by atoms with Gasteiger partial charge in [-0.2, -0.15) is 0 Å². The second kappa shape index (κ2) is 5.73. The van der Waals surface area contributed by atoms with Crippen molar-refractivity contribution >= 4 is 11.9 Å². The lowest BCUT2D eigenvalue weighted by atomic mass is 10.4. The first-order valence-electron chi connectivity index (χ1n) is 3.81. The second-order valence-electron chi connectivity index (χ2n) is 2.58. The first-order chi connectivity index (χ1) is 6.45. The number of rotatable bonds is 6. The van der Waals surface area contributed by atoms with E-state index in [2.05, 4.69) is 21.3 Å². The van der Waals surface area contributed by atoms with Crippen LogP contribution in [0.1, 0.15) is 13.8 Å². The molecule has 0 heterocycles. The van der Waals surface area contributed by atoms with Gasteiger partial charge >= 0.3 is 11.9 Å². The maximum Gasteiger partial charge on any atom is 0.327 e. The van der Waals surface area contributed by atoms with Crippen molar-refractivity contribution < 1.29 is 19.8 Å². The Morgan fingerprint density at radius 1 is 1.00 bits per heavy atom. The Labute approximate surface area is 80.0 Å². The van der Waals surface area contributed by atoms with Gasteiger partial charge in [0.05, 0.1) is 0 Å². The van der Waals surface area contributed by atoms with Crippen LogP contribution in [-0.4, -0.2) is 34.2 Å². The van der Waals surface area contributed by atoms with Crippen molar-refractivity contribution in [3.8, 4) is 0 Å². The lowest BCUT2D eigenvalue weighted by Gasteiger charge is -2.05. The molecule has 0 fully saturated rings. The molecule has 0 aromatic heterocycles. The standard InChI is InChI=1S/C6H12N4O4/c1-3(5(11)12)7-9-10-8-4(2)6(13)14/h3-4H,1-2H3,(H,7,10)(H,8,9)(H,11,12)(H,13,14). The number of nitrogens with zero attached hydrogens (tertiary/aromatic N) is 2. The van der Waals surface area contributed by atoms with Crippen LogP contribution >= 0.6 is 0 Å². The molecule has 0 saturated carbocycles. The summed E-state index contributed by atoms with van der Waals surface area (Å²) in [6.45, 7) is 2.75. The molecule has 0 radical (unpaired) electrons. The third-order valence-corrected chi connectivity index (χ3v) is 1.29. The first kappa shape index (κ1) is 12.1. The molecule has 8 nitrogen and oxygen atoms in total. The van der Waals surface area contributed by atoms with E-state index in [4.69, 9.17) is 10.2 Å². The van der Waals surface area contributed by atoms with Gasteiger partial charge < -0.3 is 10.2 Å². The van der Waals surface area contributed by atoms with Gasteiger partial charge in [0.15, 0.2) is 0 Å². The average Bonchev–Trinajstić information content (AvgIpc) is 2.11. The van der Waals surface area contributed by atoms with Gasteiger partial charge in [0, 0.05) is 0 Å². The van der Waals surface area contributed by atoms with Crippen molar-refractivity contribution in [2.75, 3.05) is 0 Å². The summed E-state index contributed by atoms with van der Waals surface area (Å²) in [5.41, 5.74) is 4.36. The van der Waals surface area contributed by atoms with Crippen LogP contribution in [0.15, 0.2) is 10.4 Å². The van der Waals surface area contributed by atoms with E-state index in [1.807, 2.05) is 0 Å². The highest BCUT2D eigenvalue weighted by molar-refractivity contribution is 5.73. The predicted molar refractivity (Wildman–Crippen MR) is 45.3 cm³/mol. The Morgan fingerprint density at radius 3 is 1.50 bits per heavy atom. The van der Waals surface area contributed by atoms with E-state index in [0.29, 0.717) is 0 Å². The maximum absolute atomic E-state index is 10.3. The van der Waals surface area contributed by atoms with E-state index in [0.717, 1.165) is 0 Å². The van der Waals surface area contributed by atoms with Gasteiger partial charge in [0.25, 0.3) is 0 Å². The Hall–Kier alpha value is -1.86. The minimum absolute atomic E-state index is 0.874. The first-order valence-corrected chi connectivity index (χ1v) is 3.81. The van der Waals surface area contributed by atoms with Crippen molar-refractivity contribution in [2.45, 2.75) is 25.9 Å². The smallest absolute Gasteiger partial charge is 0.327 e. The third-order valence-electron chi connectivity index (χ3n) is 1.29. The zero-order chi connectivity index (χ0) is 11.1. The molecular formula is C6H12N4O4. The van der Waals surface area contributed by atoms with Gasteiger partial charge in [-0.15, -0.1) is 0 Å². The van der Waals surface area contributed by atoms with Crippen LogP contribution in [0, 0.1) is 0 Å². The highest BCUT2D eigenvalue weighted by atomic mass is 16.4. The van der Waals surface area contributed by atoms with Crippen molar-refractivity contribution in [1.29, 1.82) is 0 Å². The SMILES string of the molecule is CC(NN=NNC(C)C(=O)O)C(=O)O. The highest BCUT2D eigenvalue weighted by Crippen LogP contribution is 1.83. The monoisotopic (exact) mass is 204 g/mol. The molecule has 0 saturated heterocycles. The Bertz CT molecular complexity index is 218. The molecule has 0 aromatic rings. The Balaban J connectivity index is 3.74. The van der Waals surface area contributed by atoms with Crippen LogP contribution in [0.2, 0.25) is 0 Å². The van der Waals surface area contributed by atoms with E-state index in [1.54, 1.807) is 0 Å². The van der Waals surface area contributed by atoms with Gasteiger partial charge in [-0.25, -0.2) is 9.59 Å². The Kier molecular flexibility index (Phi) is 4.97. The second-order valence-corrected chi connectivity index (χ2v) is 2.58. The van der Waals surface area contributed by atoms with Crippen LogP contribution in [0.25, 0.3) is 0 Å². The summed E-state index contributed by atoms with van der Waals surface area (Å²) >= 11 is 0. The molecule has 2 unspecified atom stereocenters. The zero-order valence-electron chi connectivity index (χ0n) is 7.76. The molecule has 0 aliphatic carbocycles. The largest absolute Gasteiger partial charge is 0.480 e. The number of carboxylic acid groups (broad SMARTS) is 2. The van der Waals surface area contributed by atoms with Crippen molar-refractivity contribution in [3.05, 3.63) is 0 Å². The van der Waals surface area contributed by atoms with Crippen molar-refractivity contribution in [2.24, 2.45) is 10.4 Å². The predicted octanol–water partition coefficient (Wildman–Crippen LogP) is -0.606. The molecule has 0 aromatic carbocycles. The molecule has 8 heteroatoms. The van der Waals surface area contributed by atoms with E-state index < -0.39 is 24.0 Å². The minimum Gasteiger partial charge on any atom is -0.480 e. The number of hydrogen-bond donors (Lipinski definition) is 4. The molecule has 2 atom stereocenters. The molecule has 0 spiro atoms. The fourth-order valence-electron chi connectivity index (χ4n) is 0.341. The van der Waals surface area contributed by atoms with Crippen LogP contribution in [-0.2, 0) is 9.59 Å². The van der Waals surface area contributed by atoms with Gasteiger partial charge in [-0.3, -0.25) is 10.9 Å². The van der Waals surface area contributed by atoms with Crippen molar-refractivity contribution in [3.63, 3.8) is 0 Å². The molecule has 0 rings (SSSR count). The van der Waals surface area contributed by atoms with Crippen molar-refractivity contribution in [1.82, 2.24) is 10.9 Å². The lowest BCUT2D eigenvalue weighted by molar-refractivity contribution is -0.140. The number of nitrogens with one attached hydrogen (secondary N) is 2. The fraction of sp³-hybridized carbons (Fsp3) is 0.667. The molecule has 0 aliphatic heterocycles. The molecular weight excluding hydrogens is 192 g/mol. The van der Waals surface area contributed by atoms with Crippen LogP contribution in [0.5, 0.6) is 0 Å². The van der Waals surface area contributed by atoms with E-state index in [-0.39, 0.29) is 0 Å². The number of carboxylic acids is 2. The average molecular weight is 204 g/mol. The molecule has 0 amide bonds. The number of aliphatic carboxylic acids is 2. The molecule has 0 aliphatic rings. The summed E-state index contributed by atoms with van der Waals surface area (Å²) in [6.07, 6.45) is 0. The Morgan fingerprint density at radius 2 is 1.29 bits per heavy atom. The highest BCUT2D eigenvalue weighted by Gasteiger charge is 2.09. The van der Waals surface area contributed by atoms with Gasteiger partial charge in [-0.05, 0) is 13.8 Å². The fourth-order valence-corrected chi connectivity index (χ4v) is 0.341. The van der Waals surface area contributed by atoms with Gasteiger partial charge in [-0.1, -0.05) is 10.4 Å². The summed E-state index contributed by atoms with van der Waals surface area (Å²) in [5.74, 6) is -2.15. The molecule has 0 bridgehead atoms. The number of hydrogen-bond acceptors (Lipinski definition) is 4. The minimum atomic E-state index is -1.07. The van der Waals surface area contributed by atoms with E-state index in [1.165, 1.54) is 13.8 Å². The van der Waals surface area contributed by atoms with Gasteiger partial charge in [0.1, 0.15) is 12.1 Å². The molecule has 80 valence electrons. The van der Waals surface area contributed by atoms with Gasteiger partial charge in [0.2, 0.25) is 0 Å². The number of carbonyl (C=O) groups is 2. The summed E-state index contributed by atoms with van der Waals surface area (Å²) in [7, 11) is 0. The summed E-state index contributed by atoms with van der Waals surface area (Å²) in [6, 6.07) is -1.75. The molecule has 4 N–H and O–H groups in total. The summed E-state index contributed by atoms with van der Waals surface area (Å²) in [5, 5.41) is 23.3. The maximum atomic E-state index is 10.3. The van der Waals surface area contributed by atoms with E-state index in [9.17, 15) is 9.59 Å². The molecule has 14 heavy (non-hydrogen) atoms. The van der Waals surface area contributed by atoms with Crippen LogP contribution < -0.4 is 10.9 Å². The lowest BCUT2D eigenvalue weighted by Crippen LogP contribution is -2.32. The summed E-state index contributed by atoms with van der Waals surface area (Å²) in [4.78, 5) is 20.5. The van der Waals surface area contributed by atoms with Crippen LogP contribution in [0.3, 0.4) is 0 Å². The van der Waals surface area contributed by atoms with E-state index >= 15 is 0 Å². The zero-order valence-corrected chi connectivity index (χ0v) is 7.76. The third kappa shape index (κ3) is 4.91. The summed E-state index contributed by atoms with van der Waals surface area (Å²) < 4.78 is 0. The quantitative estimate of drug-likeness (QED) is 0.338. The normalized spacial score (nSPS) is 14.7. The van der Waals surface area contributed by atoms with Crippen LogP contribution in [0.4, 0.5) is 0 Å². The topological polar surface area (TPSA) is 123 Å².